The van der Waals surface area contributed by atoms with Crippen LogP contribution in [0, 0.1) is 6.92 Å². The number of hydrogen-bond donors (Lipinski definition) is 1. The average Bonchev–Trinajstić information content (AvgIpc) is 2.53. The van der Waals surface area contributed by atoms with Crippen LogP contribution < -0.4 is 0 Å². The topological polar surface area (TPSA) is 41.6 Å². The molecule has 0 aliphatic carbocycles. The molecule has 1 heterocycles. The summed E-state index contributed by atoms with van der Waals surface area (Å²) in [4.78, 5) is 0. The van der Waals surface area contributed by atoms with Crippen molar-refractivity contribution in [1.82, 2.24) is 15.4 Å². The monoisotopic (exact) mass is 177 g/mol. The van der Waals surface area contributed by atoms with Crippen molar-refractivity contribution in [3.63, 3.8) is 0 Å². The predicted molar refractivity (Wildman–Crippen MR) is 54.8 cm³/mol. The van der Waals surface area contributed by atoms with Crippen LogP contribution in [0.15, 0.2) is 12.1 Å². The number of aromatic nitrogens is 3. The first-order valence-corrected chi connectivity index (χ1v) is 4.50. The lowest BCUT2D eigenvalue weighted by molar-refractivity contribution is 0.868. The smallest absolute Gasteiger partial charge is 0.116 e. The molecule has 0 fully saturated rings. The molecule has 0 saturated carbocycles. The largest absolute Gasteiger partial charge is 0.197 e. The van der Waals surface area contributed by atoms with Gasteiger partial charge in [-0.1, -0.05) is 26.0 Å². The number of hydrogen-bond acceptors (Lipinski definition) is 2. The molecule has 0 bridgehead atoms. The molecule has 70 valence electrons. The van der Waals surface area contributed by atoms with Crippen molar-refractivity contribution in [2.24, 2.45) is 0 Å². The first kappa shape index (κ1) is 8.23. The summed E-state index contributed by atoms with van der Waals surface area (Å²) >= 11 is 0. The Morgan fingerprint density at radius 1 is 1.23 bits per heavy atom. The van der Waals surface area contributed by atoms with Crippen LogP contribution in [0.1, 0.15) is 32.3 Å². The normalized spacial score (nSPS) is 11.4. The summed E-state index contributed by atoms with van der Waals surface area (Å²) < 4.78 is 0. The Bertz CT molecular complexity index is 434. The molecule has 2 aromatic rings. The van der Waals surface area contributed by atoms with Gasteiger partial charge in [-0.25, -0.2) is 0 Å². The number of aryl methyl sites for hydroxylation is 1. The fraction of sp³-hybridized carbons (Fsp3) is 0.400. The van der Waals surface area contributed by atoms with Crippen molar-refractivity contribution in [1.29, 1.82) is 0 Å². The molecule has 0 aliphatic rings. The van der Waals surface area contributed by atoms with E-state index in [1.807, 2.05) is 0 Å². The van der Waals surface area contributed by atoms with Crippen molar-refractivity contribution in [2.75, 3.05) is 0 Å². The molecule has 0 amide bonds. The number of aromatic amines is 1. The maximum atomic E-state index is 4.16. The first-order valence-electron chi connectivity index (χ1n) is 4.50. The van der Waals surface area contributed by atoms with Gasteiger partial charge in [0, 0.05) is 1.43 Å². The summed E-state index contributed by atoms with van der Waals surface area (Å²) in [5.41, 5.74) is 4.43. The van der Waals surface area contributed by atoms with Crippen LogP contribution in [-0.2, 0) is 0 Å². The molecule has 0 saturated heterocycles. The lowest BCUT2D eigenvalue weighted by Crippen LogP contribution is -1.90. The highest BCUT2D eigenvalue weighted by molar-refractivity contribution is 5.81. The minimum atomic E-state index is 0. The van der Waals surface area contributed by atoms with Gasteiger partial charge in [0.05, 0.1) is 0 Å². The molecule has 0 unspecified atom stereocenters. The van der Waals surface area contributed by atoms with E-state index in [4.69, 9.17) is 0 Å². The van der Waals surface area contributed by atoms with E-state index in [-0.39, 0.29) is 1.43 Å². The summed E-state index contributed by atoms with van der Waals surface area (Å²) in [5, 5.41) is 11.0. The second kappa shape index (κ2) is 2.83. The van der Waals surface area contributed by atoms with Gasteiger partial charge < -0.3 is 0 Å². The molecular formula is C10H15N3. The maximum absolute atomic E-state index is 4.16. The van der Waals surface area contributed by atoms with Crippen LogP contribution >= 0.6 is 0 Å². The fourth-order valence-corrected chi connectivity index (χ4v) is 1.55. The predicted octanol–water partition coefficient (Wildman–Crippen LogP) is 2.64. The van der Waals surface area contributed by atoms with Crippen LogP contribution in [0.4, 0.5) is 0 Å². The van der Waals surface area contributed by atoms with E-state index >= 15 is 0 Å². The van der Waals surface area contributed by atoms with Gasteiger partial charge in [0.25, 0.3) is 0 Å². The van der Waals surface area contributed by atoms with Crippen LogP contribution in [-0.4, -0.2) is 15.4 Å². The highest BCUT2D eigenvalue weighted by Gasteiger charge is 2.09. The van der Waals surface area contributed by atoms with Crippen LogP contribution in [0.5, 0.6) is 0 Å². The number of nitrogens with one attached hydrogen (secondary N) is 1. The van der Waals surface area contributed by atoms with Crippen molar-refractivity contribution < 1.29 is 1.43 Å². The summed E-state index contributed by atoms with van der Waals surface area (Å²) in [6, 6.07) is 4.23. The molecule has 0 atom stereocenters. The van der Waals surface area contributed by atoms with Gasteiger partial charge in [-0.05, 0) is 24.0 Å². The Hall–Kier alpha value is -1.38. The highest BCUT2D eigenvalue weighted by Crippen LogP contribution is 2.24. The zero-order chi connectivity index (χ0) is 9.42. The number of nitrogens with zero attached hydrogens (tertiary/aromatic N) is 2. The number of fused-ring (bicyclic) bond motifs is 1. The van der Waals surface area contributed by atoms with Gasteiger partial charge in [0.1, 0.15) is 11.0 Å². The molecule has 1 aromatic carbocycles. The zero-order valence-corrected chi connectivity index (χ0v) is 8.13. The third-order valence-corrected chi connectivity index (χ3v) is 2.33. The summed E-state index contributed by atoms with van der Waals surface area (Å²) in [7, 11) is 0. The average molecular weight is 177 g/mol. The molecule has 0 radical (unpaired) electrons. The quantitative estimate of drug-likeness (QED) is 0.727. The highest BCUT2D eigenvalue weighted by atomic mass is 15.3. The maximum Gasteiger partial charge on any atom is 0.116 e. The molecule has 1 aromatic heterocycles. The zero-order valence-electron chi connectivity index (χ0n) is 8.13. The van der Waals surface area contributed by atoms with Gasteiger partial charge in [-0.2, -0.15) is 15.4 Å². The molecule has 13 heavy (non-hydrogen) atoms. The number of rotatable bonds is 1. The Balaban J connectivity index is 0.000000980. The second-order valence-corrected chi connectivity index (χ2v) is 3.65. The van der Waals surface area contributed by atoms with E-state index in [0.29, 0.717) is 5.92 Å². The Morgan fingerprint density at radius 2 is 1.92 bits per heavy atom. The number of benzene rings is 1. The first-order chi connectivity index (χ1) is 6.20. The van der Waals surface area contributed by atoms with Gasteiger partial charge in [-0.15, -0.1) is 0 Å². The van der Waals surface area contributed by atoms with E-state index in [1.54, 1.807) is 0 Å². The third kappa shape index (κ3) is 1.20. The van der Waals surface area contributed by atoms with Crippen LogP contribution in [0.2, 0.25) is 0 Å². The van der Waals surface area contributed by atoms with Crippen LogP contribution in [0.3, 0.4) is 0 Å². The van der Waals surface area contributed by atoms with Gasteiger partial charge in [-0.3, -0.25) is 0 Å². The number of H-pyrrole nitrogens is 1. The Morgan fingerprint density at radius 3 is 2.62 bits per heavy atom. The molecule has 3 heteroatoms. The van der Waals surface area contributed by atoms with E-state index in [0.717, 1.165) is 11.0 Å². The van der Waals surface area contributed by atoms with Crippen molar-refractivity contribution in [2.45, 2.75) is 26.7 Å². The van der Waals surface area contributed by atoms with Crippen molar-refractivity contribution in [3.8, 4) is 0 Å². The van der Waals surface area contributed by atoms with E-state index in [9.17, 15) is 0 Å². The molecule has 2 rings (SSSR count). The Labute approximate surface area is 78.6 Å². The molecule has 0 spiro atoms. The van der Waals surface area contributed by atoms with Gasteiger partial charge >= 0.3 is 0 Å². The standard InChI is InChI=1S/C10H13N3.H2/c1-6(2)8-5-4-7(3)9-10(8)12-13-11-9;/h4-6H,1-3H3,(H,11,12,13);1H. The van der Waals surface area contributed by atoms with Gasteiger partial charge in [0.15, 0.2) is 0 Å². The third-order valence-electron chi connectivity index (χ3n) is 2.33. The minimum absolute atomic E-state index is 0. The van der Waals surface area contributed by atoms with Crippen LogP contribution in [0.25, 0.3) is 11.0 Å². The lowest BCUT2D eigenvalue weighted by atomic mass is 10.00. The molecule has 3 nitrogen and oxygen atoms in total. The summed E-state index contributed by atoms with van der Waals surface area (Å²) in [6.07, 6.45) is 0. The van der Waals surface area contributed by atoms with E-state index in [1.165, 1.54) is 11.1 Å². The fourth-order valence-electron chi connectivity index (χ4n) is 1.55. The Kier molecular flexibility index (Phi) is 1.79. The summed E-state index contributed by atoms with van der Waals surface area (Å²) in [6.45, 7) is 6.38. The van der Waals surface area contributed by atoms with Gasteiger partial charge in [0.2, 0.25) is 0 Å². The minimum Gasteiger partial charge on any atom is -0.197 e. The lowest BCUT2D eigenvalue weighted by Gasteiger charge is -2.05. The van der Waals surface area contributed by atoms with E-state index < -0.39 is 0 Å². The van der Waals surface area contributed by atoms with E-state index in [2.05, 4.69) is 48.3 Å². The second-order valence-electron chi connectivity index (χ2n) is 3.65. The summed E-state index contributed by atoms with van der Waals surface area (Å²) in [5.74, 6) is 0.494. The molecule has 1 N–H and O–H groups in total. The van der Waals surface area contributed by atoms with Crippen molar-refractivity contribution >= 4 is 11.0 Å². The SMILES string of the molecule is Cc1ccc(C(C)C)c2n[nH]nc12.[HH]. The molecule has 0 aliphatic heterocycles. The van der Waals surface area contributed by atoms with Crippen molar-refractivity contribution in [3.05, 3.63) is 23.3 Å². The molecular weight excluding hydrogens is 162 g/mol.